The molecule has 0 aromatic carbocycles. The number of hydrogen-bond acceptors (Lipinski definition) is 6. The Balaban J connectivity index is 1.60. The van der Waals surface area contributed by atoms with Gasteiger partial charge in [0.05, 0.1) is 6.10 Å². The van der Waals surface area contributed by atoms with Crippen molar-refractivity contribution in [3.8, 4) is 0 Å². The Hall–Kier alpha value is -1.43. The molecular weight excluding hydrogens is 396 g/mol. The number of Topliss-reactive ketones (excluding diaryl/α,β-unsaturated/α-hetero) is 1. The van der Waals surface area contributed by atoms with Gasteiger partial charge in [-0.25, -0.2) is 0 Å². The van der Waals surface area contributed by atoms with Crippen molar-refractivity contribution in [2.45, 2.75) is 91.3 Å². The first kappa shape index (κ1) is 22.8. The van der Waals surface area contributed by atoms with Crippen LogP contribution in [-0.4, -0.2) is 41.6 Å². The summed E-state index contributed by atoms with van der Waals surface area (Å²) in [6.07, 6.45) is 6.80. The molecule has 174 valence electrons. The van der Waals surface area contributed by atoms with Gasteiger partial charge < -0.3 is 14.6 Å². The zero-order valence-corrected chi connectivity index (χ0v) is 19.4. The average Bonchev–Trinajstić information content (AvgIpc) is 3.04. The van der Waals surface area contributed by atoms with Gasteiger partial charge in [-0.05, 0) is 80.0 Å². The third-order valence-corrected chi connectivity index (χ3v) is 9.75. The molecule has 1 N–H and O–H groups in total. The van der Waals surface area contributed by atoms with Gasteiger partial charge in [0, 0.05) is 25.7 Å². The van der Waals surface area contributed by atoms with E-state index in [1.165, 1.54) is 13.8 Å². The molecule has 0 spiro atoms. The second kappa shape index (κ2) is 8.17. The summed E-state index contributed by atoms with van der Waals surface area (Å²) in [6, 6.07) is 0. The maximum Gasteiger partial charge on any atom is 0.303 e. The smallest absolute Gasteiger partial charge is 0.303 e. The van der Waals surface area contributed by atoms with Crippen LogP contribution in [-0.2, 0) is 23.9 Å². The second-order valence-corrected chi connectivity index (χ2v) is 11.2. The quantitative estimate of drug-likeness (QED) is 0.679. The van der Waals surface area contributed by atoms with E-state index in [1.54, 1.807) is 0 Å². The molecule has 0 saturated heterocycles. The van der Waals surface area contributed by atoms with Gasteiger partial charge >= 0.3 is 11.9 Å². The van der Waals surface area contributed by atoms with E-state index in [9.17, 15) is 19.5 Å². The van der Waals surface area contributed by atoms with Crippen LogP contribution in [0.5, 0.6) is 0 Å². The van der Waals surface area contributed by atoms with Gasteiger partial charge in [0.15, 0.2) is 5.78 Å². The van der Waals surface area contributed by atoms with Crippen molar-refractivity contribution in [3.05, 3.63) is 0 Å². The molecule has 4 rings (SSSR count). The van der Waals surface area contributed by atoms with Crippen LogP contribution in [0.15, 0.2) is 0 Å². The molecule has 0 amide bonds. The van der Waals surface area contributed by atoms with Crippen LogP contribution in [0.2, 0.25) is 0 Å². The Bertz CT molecular complexity index is 748. The van der Waals surface area contributed by atoms with Gasteiger partial charge in [-0.15, -0.1) is 0 Å². The number of fused-ring (bicyclic) bond motifs is 5. The Labute approximate surface area is 185 Å². The van der Waals surface area contributed by atoms with Crippen molar-refractivity contribution in [1.82, 2.24) is 0 Å². The molecule has 4 aliphatic rings. The van der Waals surface area contributed by atoms with Gasteiger partial charge in [0.25, 0.3) is 0 Å². The summed E-state index contributed by atoms with van der Waals surface area (Å²) >= 11 is 0. The van der Waals surface area contributed by atoms with Crippen LogP contribution >= 0.6 is 0 Å². The molecule has 6 heteroatoms. The van der Waals surface area contributed by atoms with Crippen molar-refractivity contribution in [1.29, 1.82) is 0 Å². The third kappa shape index (κ3) is 3.83. The van der Waals surface area contributed by atoms with Crippen LogP contribution in [0.4, 0.5) is 0 Å². The van der Waals surface area contributed by atoms with Crippen molar-refractivity contribution in [2.24, 2.45) is 40.4 Å². The Morgan fingerprint density at radius 2 is 1.55 bits per heavy atom. The number of ether oxygens (including phenoxy) is 2. The summed E-state index contributed by atoms with van der Waals surface area (Å²) in [6.45, 7) is 7.32. The number of esters is 2. The van der Waals surface area contributed by atoms with Crippen LogP contribution < -0.4 is 0 Å². The number of rotatable bonds is 4. The number of aliphatic hydroxyl groups is 1. The summed E-state index contributed by atoms with van der Waals surface area (Å²) in [5.74, 6) is 0.911. The van der Waals surface area contributed by atoms with Crippen LogP contribution in [0.25, 0.3) is 0 Å². The molecule has 9 atom stereocenters. The maximum absolute atomic E-state index is 12.9. The van der Waals surface area contributed by atoms with Crippen molar-refractivity contribution in [3.63, 3.8) is 0 Å². The number of aliphatic hydroxyl groups excluding tert-OH is 1. The number of ketones is 1. The lowest BCUT2D eigenvalue weighted by molar-refractivity contribution is -0.192. The highest BCUT2D eigenvalue weighted by Crippen LogP contribution is 2.67. The van der Waals surface area contributed by atoms with E-state index in [-0.39, 0.29) is 53.2 Å². The summed E-state index contributed by atoms with van der Waals surface area (Å²) in [5.41, 5.74) is -0.0278. The highest BCUT2D eigenvalue weighted by atomic mass is 16.5. The van der Waals surface area contributed by atoms with Crippen LogP contribution in [0, 0.1) is 40.4 Å². The molecule has 4 aliphatic carbocycles. The van der Waals surface area contributed by atoms with Gasteiger partial charge in [-0.2, -0.15) is 0 Å². The summed E-state index contributed by atoms with van der Waals surface area (Å²) in [4.78, 5) is 36.0. The first-order chi connectivity index (χ1) is 14.6. The highest BCUT2D eigenvalue weighted by molar-refractivity contribution is 5.85. The molecule has 0 heterocycles. The molecule has 4 saturated carbocycles. The number of carbonyl (C=O) groups is 3. The number of carbonyl (C=O) groups excluding carboxylic acids is 3. The zero-order chi connectivity index (χ0) is 22.6. The molecule has 0 bridgehead atoms. The normalized spacial score (nSPS) is 46.3. The Morgan fingerprint density at radius 3 is 2.23 bits per heavy atom. The largest absolute Gasteiger partial charge is 0.462 e. The van der Waals surface area contributed by atoms with E-state index in [4.69, 9.17) is 9.47 Å². The van der Waals surface area contributed by atoms with E-state index in [0.29, 0.717) is 24.2 Å². The van der Waals surface area contributed by atoms with E-state index in [2.05, 4.69) is 13.8 Å². The predicted molar refractivity (Wildman–Crippen MR) is 114 cm³/mol. The zero-order valence-electron chi connectivity index (χ0n) is 19.4. The van der Waals surface area contributed by atoms with Crippen LogP contribution in [0.1, 0.15) is 79.1 Å². The topological polar surface area (TPSA) is 89.9 Å². The lowest BCUT2D eigenvalue weighted by Crippen LogP contribution is -2.59. The van der Waals surface area contributed by atoms with Gasteiger partial charge in [-0.1, -0.05) is 13.8 Å². The fourth-order valence-corrected chi connectivity index (χ4v) is 8.39. The molecule has 0 aromatic rings. The molecular formula is C25H38O6. The van der Waals surface area contributed by atoms with Crippen molar-refractivity contribution in [2.75, 3.05) is 6.61 Å². The Kier molecular flexibility index (Phi) is 5.99. The van der Waals surface area contributed by atoms with Gasteiger partial charge in [0.2, 0.25) is 0 Å². The minimum Gasteiger partial charge on any atom is -0.462 e. The van der Waals surface area contributed by atoms with Gasteiger partial charge in [-0.3, -0.25) is 14.4 Å². The maximum atomic E-state index is 12.9. The predicted octanol–water partition coefficient (Wildman–Crippen LogP) is 3.68. The molecule has 0 radical (unpaired) electrons. The van der Waals surface area contributed by atoms with E-state index in [1.807, 2.05) is 0 Å². The molecule has 0 aromatic heterocycles. The molecule has 0 aliphatic heterocycles. The standard InChI is InChI=1S/C25H38O6/c1-14(26)30-13-22(29)20-6-5-18-17-12-23(31-15(2)27)21-11-16(28)7-9-25(21,4)19(17)8-10-24(18,20)3/h16-21,23,28H,5-13H2,1-4H3/t16-,17+,18+,19+,20-,21-,23+,24+,25-/m1/s1. The third-order valence-electron chi connectivity index (χ3n) is 9.75. The minimum absolute atomic E-state index is 0.0517. The first-order valence-corrected chi connectivity index (χ1v) is 12.1. The van der Waals surface area contributed by atoms with Crippen molar-refractivity contribution < 1.29 is 29.0 Å². The van der Waals surface area contributed by atoms with Crippen LogP contribution in [0.3, 0.4) is 0 Å². The fourth-order valence-electron chi connectivity index (χ4n) is 8.39. The number of hydrogen-bond donors (Lipinski definition) is 1. The lowest BCUT2D eigenvalue weighted by Gasteiger charge is -2.62. The SMILES string of the molecule is CC(=O)OCC(=O)[C@H]1CC[C@H]2[C@@H]3C[C@H](OC(C)=O)[C@H]4C[C@H](O)CC[C@]4(C)[C@H]3CC[C@]12C. The lowest BCUT2D eigenvalue weighted by atomic mass is 9.44. The molecule has 0 unspecified atom stereocenters. The van der Waals surface area contributed by atoms with Crippen molar-refractivity contribution >= 4 is 17.7 Å². The minimum atomic E-state index is -0.410. The van der Waals surface area contributed by atoms with E-state index >= 15 is 0 Å². The molecule has 31 heavy (non-hydrogen) atoms. The second-order valence-electron chi connectivity index (χ2n) is 11.2. The summed E-state index contributed by atoms with van der Waals surface area (Å²) < 4.78 is 10.9. The van der Waals surface area contributed by atoms with Gasteiger partial charge in [0.1, 0.15) is 12.7 Å². The summed E-state index contributed by atoms with van der Waals surface area (Å²) in [7, 11) is 0. The van der Waals surface area contributed by atoms with E-state index in [0.717, 1.165) is 44.9 Å². The summed E-state index contributed by atoms with van der Waals surface area (Å²) in [5, 5.41) is 10.4. The van der Waals surface area contributed by atoms with E-state index < -0.39 is 5.97 Å². The fraction of sp³-hybridized carbons (Fsp3) is 0.880. The highest BCUT2D eigenvalue weighted by Gasteiger charge is 2.63. The molecule has 6 nitrogen and oxygen atoms in total. The molecule has 4 fully saturated rings. The first-order valence-electron chi connectivity index (χ1n) is 12.1. The monoisotopic (exact) mass is 434 g/mol. The Morgan fingerprint density at radius 1 is 0.871 bits per heavy atom. The average molecular weight is 435 g/mol.